The van der Waals surface area contributed by atoms with Gasteiger partial charge in [-0.15, -0.1) is 0 Å². The van der Waals surface area contributed by atoms with Gasteiger partial charge in [0.2, 0.25) is 0 Å². The van der Waals surface area contributed by atoms with Crippen molar-refractivity contribution in [3.63, 3.8) is 0 Å². The van der Waals surface area contributed by atoms with E-state index in [0.29, 0.717) is 5.92 Å². The average Bonchev–Trinajstić information content (AvgIpc) is 2.38. The number of hydrogen-bond acceptors (Lipinski definition) is 2. The molecule has 0 aliphatic rings. The van der Waals surface area contributed by atoms with E-state index in [1.807, 2.05) is 18.2 Å². The smallest absolute Gasteiger partial charge is 0.0705 e. The average molecular weight is 243 g/mol. The molecule has 0 bridgehead atoms. The van der Waals surface area contributed by atoms with Crippen LogP contribution in [0.2, 0.25) is 0 Å². The molecule has 0 radical (unpaired) electrons. The number of benzene rings is 1. The summed E-state index contributed by atoms with van der Waals surface area (Å²) in [7, 11) is 0. The molecule has 2 aromatic rings. The highest BCUT2D eigenvalue weighted by atomic mass is 16.3. The van der Waals surface area contributed by atoms with E-state index in [-0.39, 0.29) is 6.10 Å². The predicted octanol–water partition coefficient (Wildman–Crippen LogP) is 3.57. The largest absolute Gasteiger partial charge is 0.393 e. The number of fused-ring (bicyclic) bond motifs is 1. The van der Waals surface area contributed by atoms with Gasteiger partial charge < -0.3 is 5.11 Å². The normalized spacial score (nSPS) is 13.1. The van der Waals surface area contributed by atoms with Crippen molar-refractivity contribution in [2.24, 2.45) is 5.92 Å². The Hall–Kier alpha value is -1.41. The van der Waals surface area contributed by atoms with Gasteiger partial charge in [-0.25, -0.2) is 0 Å². The Morgan fingerprint density at radius 2 is 1.89 bits per heavy atom. The van der Waals surface area contributed by atoms with Crippen molar-refractivity contribution in [3.05, 3.63) is 42.1 Å². The van der Waals surface area contributed by atoms with Crippen LogP contribution in [-0.4, -0.2) is 16.2 Å². The monoisotopic (exact) mass is 243 g/mol. The molecule has 2 heteroatoms. The maximum Gasteiger partial charge on any atom is 0.0705 e. The summed E-state index contributed by atoms with van der Waals surface area (Å²) in [4.78, 5) is 4.64. The fourth-order valence-electron chi connectivity index (χ4n) is 2.07. The van der Waals surface area contributed by atoms with Gasteiger partial charge in [-0.05, 0) is 37.3 Å². The Morgan fingerprint density at radius 1 is 1.11 bits per heavy atom. The van der Waals surface area contributed by atoms with Crippen LogP contribution in [-0.2, 0) is 6.42 Å². The quantitative estimate of drug-likeness (QED) is 0.870. The molecule has 0 amide bonds. The lowest BCUT2D eigenvalue weighted by atomic mass is 10.0. The van der Waals surface area contributed by atoms with Gasteiger partial charge in [0.15, 0.2) is 0 Å². The second-order valence-electron chi connectivity index (χ2n) is 5.20. The standard InChI is InChI=1S/C16H21NO/c1-12(2)16(18)9-5-7-14-11-10-13-6-3-4-8-15(13)17-14/h3-4,6,8,10-12,16,18H,5,7,9H2,1-2H3. The summed E-state index contributed by atoms with van der Waals surface area (Å²) < 4.78 is 0. The number of para-hydroxylation sites is 1. The van der Waals surface area contributed by atoms with Crippen LogP contribution < -0.4 is 0 Å². The predicted molar refractivity (Wildman–Crippen MR) is 75.5 cm³/mol. The van der Waals surface area contributed by atoms with Crippen LogP contribution in [0.25, 0.3) is 10.9 Å². The SMILES string of the molecule is CC(C)C(O)CCCc1ccc2ccccc2n1. The zero-order valence-electron chi connectivity index (χ0n) is 11.1. The summed E-state index contributed by atoms with van der Waals surface area (Å²) in [6.07, 6.45) is 2.59. The molecule has 96 valence electrons. The summed E-state index contributed by atoms with van der Waals surface area (Å²) in [6, 6.07) is 12.4. The van der Waals surface area contributed by atoms with Crippen molar-refractivity contribution >= 4 is 10.9 Å². The Bertz CT molecular complexity index is 507. The minimum atomic E-state index is -0.189. The molecule has 2 rings (SSSR count). The van der Waals surface area contributed by atoms with Gasteiger partial charge in [-0.2, -0.15) is 0 Å². The lowest BCUT2D eigenvalue weighted by molar-refractivity contribution is 0.114. The first-order valence-electron chi connectivity index (χ1n) is 6.69. The van der Waals surface area contributed by atoms with E-state index in [4.69, 9.17) is 0 Å². The number of aromatic nitrogens is 1. The molecule has 0 aliphatic carbocycles. The second-order valence-corrected chi connectivity index (χ2v) is 5.20. The van der Waals surface area contributed by atoms with Crippen LogP contribution in [0, 0.1) is 5.92 Å². The highest BCUT2D eigenvalue weighted by molar-refractivity contribution is 5.78. The van der Waals surface area contributed by atoms with Crippen molar-refractivity contribution in [2.75, 3.05) is 0 Å². The number of aryl methyl sites for hydroxylation is 1. The van der Waals surface area contributed by atoms with Crippen molar-refractivity contribution in [1.29, 1.82) is 0 Å². The van der Waals surface area contributed by atoms with E-state index in [0.717, 1.165) is 30.5 Å². The van der Waals surface area contributed by atoms with E-state index < -0.39 is 0 Å². The summed E-state index contributed by atoms with van der Waals surface area (Å²) in [5.74, 6) is 0.342. The van der Waals surface area contributed by atoms with Gasteiger partial charge in [0.25, 0.3) is 0 Å². The molecule has 1 N–H and O–H groups in total. The number of aliphatic hydroxyl groups excluding tert-OH is 1. The van der Waals surface area contributed by atoms with E-state index in [1.165, 1.54) is 5.39 Å². The zero-order valence-corrected chi connectivity index (χ0v) is 11.1. The third-order valence-electron chi connectivity index (χ3n) is 3.36. The zero-order chi connectivity index (χ0) is 13.0. The molecule has 1 heterocycles. The maximum absolute atomic E-state index is 9.76. The summed E-state index contributed by atoms with van der Waals surface area (Å²) >= 11 is 0. The third kappa shape index (κ3) is 3.30. The minimum absolute atomic E-state index is 0.189. The van der Waals surface area contributed by atoms with Crippen molar-refractivity contribution in [3.8, 4) is 0 Å². The van der Waals surface area contributed by atoms with Gasteiger partial charge in [0.05, 0.1) is 11.6 Å². The fraction of sp³-hybridized carbons (Fsp3) is 0.438. The number of pyridine rings is 1. The molecule has 2 nitrogen and oxygen atoms in total. The molecular formula is C16H21NO. The Balaban J connectivity index is 1.96. The molecular weight excluding hydrogens is 222 g/mol. The fourth-order valence-corrected chi connectivity index (χ4v) is 2.07. The van der Waals surface area contributed by atoms with Gasteiger partial charge in [0.1, 0.15) is 0 Å². The van der Waals surface area contributed by atoms with E-state index >= 15 is 0 Å². The van der Waals surface area contributed by atoms with Gasteiger partial charge in [-0.1, -0.05) is 38.1 Å². The highest BCUT2D eigenvalue weighted by Crippen LogP contribution is 2.14. The van der Waals surface area contributed by atoms with E-state index in [9.17, 15) is 5.11 Å². The van der Waals surface area contributed by atoms with Crippen molar-refractivity contribution in [2.45, 2.75) is 39.2 Å². The Kier molecular flexibility index (Phi) is 4.32. The summed E-state index contributed by atoms with van der Waals surface area (Å²) in [5, 5.41) is 10.9. The molecule has 18 heavy (non-hydrogen) atoms. The van der Waals surface area contributed by atoms with Gasteiger partial charge >= 0.3 is 0 Å². The minimum Gasteiger partial charge on any atom is -0.393 e. The Morgan fingerprint density at radius 3 is 2.67 bits per heavy atom. The first-order chi connectivity index (χ1) is 8.66. The van der Waals surface area contributed by atoms with Gasteiger partial charge in [-0.3, -0.25) is 4.98 Å². The summed E-state index contributed by atoms with van der Waals surface area (Å²) in [6.45, 7) is 4.11. The van der Waals surface area contributed by atoms with Crippen LogP contribution >= 0.6 is 0 Å². The molecule has 1 unspecified atom stereocenters. The van der Waals surface area contributed by atoms with Crippen LogP contribution in [0.3, 0.4) is 0 Å². The number of hydrogen-bond donors (Lipinski definition) is 1. The molecule has 1 aromatic carbocycles. The van der Waals surface area contributed by atoms with Crippen molar-refractivity contribution in [1.82, 2.24) is 4.98 Å². The molecule has 0 aliphatic heterocycles. The van der Waals surface area contributed by atoms with Crippen LogP contribution in [0.15, 0.2) is 36.4 Å². The highest BCUT2D eigenvalue weighted by Gasteiger charge is 2.08. The molecule has 0 spiro atoms. The molecule has 0 saturated heterocycles. The number of nitrogens with zero attached hydrogens (tertiary/aromatic N) is 1. The maximum atomic E-state index is 9.76. The first-order valence-corrected chi connectivity index (χ1v) is 6.69. The first kappa shape index (κ1) is 13.0. The van der Waals surface area contributed by atoms with Crippen LogP contribution in [0.1, 0.15) is 32.4 Å². The van der Waals surface area contributed by atoms with E-state index in [2.05, 4.69) is 37.0 Å². The second kappa shape index (κ2) is 5.96. The van der Waals surface area contributed by atoms with Crippen LogP contribution in [0.5, 0.6) is 0 Å². The number of aliphatic hydroxyl groups is 1. The lowest BCUT2D eigenvalue weighted by Gasteiger charge is -2.13. The van der Waals surface area contributed by atoms with Crippen LogP contribution in [0.4, 0.5) is 0 Å². The van der Waals surface area contributed by atoms with Crippen molar-refractivity contribution < 1.29 is 5.11 Å². The topological polar surface area (TPSA) is 33.1 Å². The van der Waals surface area contributed by atoms with E-state index in [1.54, 1.807) is 0 Å². The number of rotatable bonds is 5. The van der Waals surface area contributed by atoms with Gasteiger partial charge in [0, 0.05) is 11.1 Å². The summed E-state index contributed by atoms with van der Waals surface area (Å²) in [5.41, 5.74) is 2.17. The Labute approximate surface area is 109 Å². The molecule has 0 saturated carbocycles. The third-order valence-corrected chi connectivity index (χ3v) is 3.36. The molecule has 0 fully saturated rings. The lowest BCUT2D eigenvalue weighted by Crippen LogP contribution is -2.14. The molecule has 1 aromatic heterocycles. The molecule has 1 atom stereocenters.